The predicted octanol–water partition coefficient (Wildman–Crippen LogP) is 3.94. The van der Waals surface area contributed by atoms with E-state index in [4.69, 9.17) is 9.47 Å². The minimum atomic E-state index is -0.281. The van der Waals surface area contributed by atoms with Crippen LogP contribution in [0.2, 0.25) is 0 Å². The van der Waals surface area contributed by atoms with Crippen LogP contribution in [0.4, 0.5) is 5.82 Å². The highest BCUT2D eigenvalue weighted by Gasteiger charge is 2.16. The van der Waals surface area contributed by atoms with E-state index in [1.165, 1.54) is 7.11 Å². The monoisotopic (exact) mass is 444 g/mol. The molecule has 0 spiro atoms. The van der Waals surface area contributed by atoms with E-state index in [2.05, 4.69) is 31.3 Å². The minimum Gasteiger partial charge on any atom is -0.493 e. The SMILES string of the molecule is CCOc1c(Br)cc(C(=O)Nc2ccn(CCc3ccccn3)n2)cc1OC. The van der Waals surface area contributed by atoms with Gasteiger partial charge in [0.05, 0.1) is 18.2 Å². The van der Waals surface area contributed by atoms with Crippen LogP contribution in [0, 0.1) is 0 Å². The second kappa shape index (κ2) is 9.36. The lowest BCUT2D eigenvalue weighted by atomic mass is 10.2. The van der Waals surface area contributed by atoms with Crippen LogP contribution in [-0.4, -0.2) is 34.4 Å². The molecule has 7 nitrogen and oxygen atoms in total. The van der Waals surface area contributed by atoms with Gasteiger partial charge in [0.1, 0.15) is 0 Å². The lowest BCUT2D eigenvalue weighted by molar-refractivity contribution is 0.102. The maximum Gasteiger partial charge on any atom is 0.257 e. The molecule has 0 unspecified atom stereocenters. The van der Waals surface area contributed by atoms with Crippen molar-refractivity contribution in [2.24, 2.45) is 0 Å². The van der Waals surface area contributed by atoms with Crippen LogP contribution in [0.1, 0.15) is 23.0 Å². The van der Waals surface area contributed by atoms with Gasteiger partial charge >= 0.3 is 0 Å². The summed E-state index contributed by atoms with van der Waals surface area (Å²) in [5.41, 5.74) is 1.44. The van der Waals surface area contributed by atoms with Crippen LogP contribution in [0.25, 0.3) is 0 Å². The number of aromatic nitrogens is 3. The smallest absolute Gasteiger partial charge is 0.257 e. The summed E-state index contributed by atoms with van der Waals surface area (Å²) in [5.74, 6) is 1.26. The second-order valence-electron chi connectivity index (χ2n) is 5.91. The van der Waals surface area contributed by atoms with E-state index in [9.17, 15) is 4.79 Å². The van der Waals surface area contributed by atoms with Gasteiger partial charge in [-0.2, -0.15) is 5.10 Å². The standard InChI is InChI=1S/C20H21BrN4O3/c1-3-28-19-16(21)12-14(13-17(19)27-2)20(26)23-18-8-11-25(24-18)10-7-15-6-4-5-9-22-15/h4-6,8-9,11-13H,3,7,10H2,1-2H3,(H,23,24,26). The van der Waals surface area contributed by atoms with E-state index in [0.717, 1.165) is 12.1 Å². The van der Waals surface area contributed by atoms with Crippen LogP contribution >= 0.6 is 15.9 Å². The van der Waals surface area contributed by atoms with Crippen molar-refractivity contribution in [1.82, 2.24) is 14.8 Å². The van der Waals surface area contributed by atoms with Gasteiger partial charge in [-0.25, -0.2) is 0 Å². The Balaban J connectivity index is 1.66. The van der Waals surface area contributed by atoms with E-state index >= 15 is 0 Å². The van der Waals surface area contributed by atoms with Gasteiger partial charge in [0.2, 0.25) is 0 Å². The molecular weight excluding hydrogens is 424 g/mol. The Bertz CT molecular complexity index is 944. The number of carbonyl (C=O) groups is 1. The molecule has 0 aliphatic carbocycles. The fourth-order valence-electron chi connectivity index (χ4n) is 2.65. The molecule has 28 heavy (non-hydrogen) atoms. The number of ether oxygens (including phenoxy) is 2. The number of benzene rings is 1. The number of methoxy groups -OCH3 is 1. The van der Waals surface area contributed by atoms with Gasteiger partial charge in [-0.3, -0.25) is 14.5 Å². The van der Waals surface area contributed by atoms with E-state index in [-0.39, 0.29) is 5.91 Å². The molecule has 0 aliphatic rings. The fourth-order valence-corrected chi connectivity index (χ4v) is 3.21. The highest BCUT2D eigenvalue weighted by atomic mass is 79.9. The number of aryl methyl sites for hydroxylation is 2. The van der Waals surface area contributed by atoms with Crippen LogP contribution in [0.15, 0.2) is 53.3 Å². The molecule has 0 radical (unpaired) electrons. The molecule has 1 amide bonds. The molecule has 0 aliphatic heterocycles. The zero-order valence-corrected chi connectivity index (χ0v) is 17.3. The molecule has 3 rings (SSSR count). The molecular formula is C20H21BrN4O3. The van der Waals surface area contributed by atoms with Gasteiger partial charge < -0.3 is 14.8 Å². The average Bonchev–Trinajstić information content (AvgIpc) is 3.16. The van der Waals surface area contributed by atoms with Crippen LogP contribution in [0.5, 0.6) is 11.5 Å². The normalized spacial score (nSPS) is 10.5. The van der Waals surface area contributed by atoms with Crippen LogP contribution in [-0.2, 0) is 13.0 Å². The Morgan fingerprint density at radius 3 is 2.86 bits per heavy atom. The summed E-state index contributed by atoms with van der Waals surface area (Å²) in [6.45, 7) is 3.06. The fraction of sp³-hybridized carbons (Fsp3) is 0.250. The number of nitrogens with zero attached hydrogens (tertiary/aromatic N) is 3. The Morgan fingerprint density at radius 1 is 1.29 bits per heavy atom. The van der Waals surface area contributed by atoms with Crippen molar-refractivity contribution in [3.63, 3.8) is 0 Å². The minimum absolute atomic E-state index is 0.281. The summed E-state index contributed by atoms with van der Waals surface area (Å²) in [7, 11) is 1.54. The third kappa shape index (κ3) is 4.89. The number of nitrogens with one attached hydrogen (secondary N) is 1. The van der Waals surface area contributed by atoms with Gasteiger partial charge in [-0.05, 0) is 47.1 Å². The number of amides is 1. The number of hydrogen-bond donors (Lipinski definition) is 1. The lowest BCUT2D eigenvalue weighted by Gasteiger charge is -2.13. The van der Waals surface area contributed by atoms with Crippen molar-refractivity contribution in [2.45, 2.75) is 19.9 Å². The van der Waals surface area contributed by atoms with Crippen LogP contribution in [0.3, 0.4) is 0 Å². The Labute approximate surface area is 171 Å². The Morgan fingerprint density at radius 2 is 2.14 bits per heavy atom. The molecule has 0 saturated heterocycles. The molecule has 0 bridgehead atoms. The van der Waals surface area contributed by atoms with Crippen molar-refractivity contribution in [1.29, 1.82) is 0 Å². The number of rotatable bonds is 8. The van der Waals surface area contributed by atoms with Crippen molar-refractivity contribution >= 4 is 27.7 Å². The Kier molecular flexibility index (Phi) is 6.65. The summed E-state index contributed by atoms with van der Waals surface area (Å²) >= 11 is 3.43. The van der Waals surface area contributed by atoms with Crippen molar-refractivity contribution < 1.29 is 14.3 Å². The maximum absolute atomic E-state index is 12.6. The zero-order valence-electron chi connectivity index (χ0n) is 15.7. The van der Waals surface area contributed by atoms with Gasteiger partial charge in [0.15, 0.2) is 17.3 Å². The maximum atomic E-state index is 12.6. The topological polar surface area (TPSA) is 78.3 Å². The van der Waals surface area contributed by atoms with Gasteiger partial charge in [-0.1, -0.05) is 6.07 Å². The molecule has 1 aromatic carbocycles. The Hall–Kier alpha value is -2.87. The molecule has 146 valence electrons. The highest BCUT2D eigenvalue weighted by molar-refractivity contribution is 9.10. The summed E-state index contributed by atoms with van der Waals surface area (Å²) in [5, 5.41) is 7.20. The summed E-state index contributed by atoms with van der Waals surface area (Å²) in [4.78, 5) is 16.9. The first-order valence-electron chi connectivity index (χ1n) is 8.85. The second-order valence-corrected chi connectivity index (χ2v) is 6.77. The number of pyridine rings is 1. The molecule has 0 saturated carbocycles. The first-order chi connectivity index (χ1) is 13.6. The molecule has 8 heteroatoms. The number of anilines is 1. The van der Waals surface area contributed by atoms with Gasteiger partial charge in [0.25, 0.3) is 5.91 Å². The molecule has 2 aromatic heterocycles. The van der Waals surface area contributed by atoms with Crippen molar-refractivity contribution in [2.75, 3.05) is 19.0 Å². The molecule has 0 atom stereocenters. The average molecular weight is 445 g/mol. The first kappa shape index (κ1) is 19.9. The molecule has 2 heterocycles. The number of hydrogen-bond acceptors (Lipinski definition) is 5. The summed E-state index contributed by atoms with van der Waals surface area (Å²) < 4.78 is 13.3. The third-order valence-electron chi connectivity index (χ3n) is 3.99. The quantitative estimate of drug-likeness (QED) is 0.568. The van der Waals surface area contributed by atoms with Crippen molar-refractivity contribution in [3.05, 3.63) is 64.5 Å². The van der Waals surface area contributed by atoms with E-state index in [0.29, 0.717) is 40.5 Å². The summed E-state index contributed by atoms with van der Waals surface area (Å²) in [6.07, 6.45) is 4.36. The first-order valence-corrected chi connectivity index (χ1v) is 9.65. The zero-order chi connectivity index (χ0) is 19.9. The van der Waals surface area contributed by atoms with E-state index in [1.807, 2.05) is 31.3 Å². The predicted molar refractivity (Wildman–Crippen MR) is 110 cm³/mol. The molecule has 3 aromatic rings. The van der Waals surface area contributed by atoms with Crippen molar-refractivity contribution in [3.8, 4) is 11.5 Å². The largest absolute Gasteiger partial charge is 0.493 e. The highest BCUT2D eigenvalue weighted by Crippen LogP contribution is 2.36. The molecule has 0 fully saturated rings. The number of halogens is 1. The van der Waals surface area contributed by atoms with Gasteiger partial charge in [0, 0.05) is 42.7 Å². The van der Waals surface area contributed by atoms with E-state index < -0.39 is 0 Å². The van der Waals surface area contributed by atoms with E-state index in [1.54, 1.807) is 29.1 Å². The third-order valence-corrected chi connectivity index (χ3v) is 4.57. The molecule has 1 N–H and O–H groups in total. The van der Waals surface area contributed by atoms with Crippen LogP contribution < -0.4 is 14.8 Å². The van der Waals surface area contributed by atoms with Gasteiger partial charge in [-0.15, -0.1) is 0 Å². The lowest BCUT2D eigenvalue weighted by Crippen LogP contribution is -2.13. The number of carbonyl (C=O) groups excluding carboxylic acids is 1. The summed E-state index contributed by atoms with van der Waals surface area (Å²) in [6, 6.07) is 10.9.